The predicted molar refractivity (Wildman–Crippen MR) is 103 cm³/mol. The summed E-state index contributed by atoms with van der Waals surface area (Å²) in [4.78, 5) is 31.4. The van der Waals surface area contributed by atoms with E-state index in [1.54, 1.807) is 12.3 Å². The molecule has 1 aromatic carbocycles. The first-order valence-corrected chi connectivity index (χ1v) is 9.29. The van der Waals surface area contributed by atoms with E-state index in [2.05, 4.69) is 27.2 Å². The van der Waals surface area contributed by atoms with E-state index in [-0.39, 0.29) is 18.1 Å². The van der Waals surface area contributed by atoms with E-state index in [0.29, 0.717) is 11.7 Å². The Balaban J connectivity index is 1.54. The van der Waals surface area contributed by atoms with Crippen LogP contribution >= 0.6 is 0 Å². The molecule has 0 bridgehead atoms. The van der Waals surface area contributed by atoms with E-state index in [1.165, 1.54) is 35.1 Å². The van der Waals surface area contributed by atoms with E-state index in [9.17, 15) is 14.0 Å². The highest BCUT2D eigenvalue weighted by atomic mass is 19.1. The van der Waals surface area contributed by atoms with Gasteiger partial charge in [-0.15, -0.1) is 5.10 Å². The Kier molecular flexibility index (Phi) is 4.81. The number of amides is 1. The van der Waals surface area contributed by atoms with E-state index in [4.69, 9.17) is 0 Å². The Morgan fingerprint density at radius 2 is 2.04 bits per heavy atom. The van der Waals surface area contributed by atoms with Crippen LogP contribution in [0, 0.1) is 5.82 Å². The first kappa shape index (κ1) is 18.1. The zero-order valence-corrected chi connectivity index (χ0v) is 15.5. The molecule has 0 radical (unpaired) electrons. The van der Waals surface area contributed by atoms with Crippen LogP contribution < -0.4 is 15.9 Å². The van der Waals surface area contributed by atoms with Gasteiger partial charge in [-0.3, -0.25) is 4.79 Å². The smallest absolute Gasteiger partial charge is 0.352 e. The standard InChI is InChI=1S/C19H21FN6O2/c1-13-4-2-3-10-24(13)16-9-11-25-18(22-16)23-26(19(25)28)12-17(27)21-15-7-5-14(20)6-8-15/h5-9,11,13H,2-4,10,12H2,1H3,(H,21,27)/t13-/m1/s1. The van der Waals surface area contributed by atoms with Crippen molar-refractivity contribution in [2.45, 2.75) is 38.8 Å². The molecule has 4 rings (SSSR count). The average molecular weight is 384 g/mol. The summed E-state index contributed by atoms with van der Waals surface area (Å²) in [5.41, 5.74) is 0.0118. The van der Waals surface area contributed by atoms with Crippen LogP contribution in [-0.4, -0.2) is 37.7 Å². The number of hydrogen-bond acceptors (Lipinski definition) is 5. The predicted octanol–water partition coefficient (Wildman–Crippen LogP) is 2.05. The molecule has 1 atom stereocenters. The summed E-state index contributed by atoms with van der Waals surface area (Å²) in [6.45, 7) is 2.83. The van der Waals surface area contributed by atoms with Gasteiger partial charge in [0.05, 0.1) is 0 Å². The molecule has 3 heterocycles. The monoisotopic (exact) mass is 384 g/mol. The van der Waals surface area contributed by atoms with Gasteiger partial charge >= 0.3 is 5.69 Å². The lowest BCUT2D eigenvalue weighted by molar-refractivity contribution is -0.117. The number of anilines is 2. The molecule has 1 saturated heterocycles. The molecule has 0 spiro atoms. The lowest BCUT2D eigenvalue weighted by Crippen LogP contribution is -2.38. The minimum Gasteiger partial charge on any atom is -0.354 e. The number of aromatic nitrogens is 4. The van der Waals surface area contributed by atoms with Gasteiger partial charge in [-0.1, -0.05) is 0 Å². The highest BCUT2D eigenvalue weighted by Gasteiger charge is 2.21. The third-order valence-corrected chi connectivity index (χ3v) is 4.96. The van der Waals surface area contributed by atoms with Crippen molar-refractivity contribution in [2.24, 2.45) is 0 Å². The fourth-order valence-corrected chi connectivity index (χ4v) is 3.47. The molecule has 0 saturated carbocycles. The van der Waals surface area contributed by atoms with E-state index >= 15 is 0 Å². The molecule has 1 aliphatic heterocycles. The van der Waals surface area contributed by atoms with Crippen LogP contribution in [0.1, 0.15) is 26.2 Å². The number of benzene rings is 1. The number of carbonyl (C=O) groups excluding carboxylic acids is 1. The zero-order valence-electron chi connectivity index (χ0n) is 15.5. The van der Waals surface area contributed by atoms with Gasteiger partial charge in [0, 0.05) is 24.5 Å². The molecule has 3 aromatic rings. The summed E-state index contributed by atoms with van der Waals surface area (Å²) >= 11 is 0. The molecule has 0 aliphatic carbocycles. The Bertz CT molecular complexity index is 1060. The van der Waals surface area contributed by atoms with Crippen molar-refractivity contribution >= 4 is 23.2 Å². The molecular weight excluding hydrogens is 363 g/mol. The van der Waals surface area contributed by atoms with Crippen molar-refractivity contribution in [1.82, 2.24) is 19.2 Å². The van der Waals surface area contributed by atoms with Crippen LogP contribution in [0.3, 0.4) is 0 Å². The number of nitrogens with one attached hydrogen (secondary N) is 1. The van der Waals surface area contributed by atoms with Gasteiger partial charge in [0.25, 0.3) is 5.78 Å². The molecule has 28 heavy (non-hydrogen) atoms. The second-order valence-corrected chi connectivity index (χ2v) is 6.99. The molecule has 0 unspecified atom stereocenters. The van der Waals surface area contributed by atoms with Crippen LogP contribution in [0.25, 0.3) is 5.78 Å². The van der Waals surface area contributed by atoms with Gasteiger partial charge in [0.2, 0.25) is 5.91 Å². The number of carbonyl (C=O) groups is 1. The maximum atomic E-state index is 13.0. The van der Waals surface area contributed by atoms with Gasteiger partial charge in [-0.05, 0) is 56.5 Å². The van der Waals surface area contributed by atoms with Crippen LogP contribution in [0.15, 0.2) is 41.3 Å². The first-order chi connectivity index (χ1) is 13.5. The molecule has 1 N–H and O–H groups in total. The second-order valence-electron chi connectivity index (χ2n) is 6.99. The Hall–Kier alpha value is -3.23. The summed E-state index contributed by atoms with van der Waals surface area (Å²) in [6, 6.07) is 7.60. The quantitative estimate of drug-likeness (QED) is 0.744. The highest BCUT2D eigenvalue weighted by Crippen LogP contribution is 2.22. The number of fused-ring (bicyclic) bond motifs is 1. The summed E-state index contributed by atoms with van der Waals surface area (Å²) in [5, 5.41) is 6.81. The van der Waals surface area contributed by atoms with E-state index < -0.39 is 11.6 Å². The van der Waals surface area contributed by atoms with Crippen molar-refractivity contribution < 1.29 is 9.18 Å². The summed E-state index contributed by atoms with van der Waals surface area (Å²) in [5.74, 6) is 0.226. The van der Waals surface area contributed by atoms with Gasteiger partial charge in [-0.2, -0.15) is 4.98 Å². The number of rotatable bonds is 4. The minimum atomic E-state index is -0.435. The largest absolute Gasteiger partial charge is 0.354 e. The number of piperidine rings is 1. The summed E-state index contributed by atoms with van der Waals surface area (Å²) < 4.78 is 15.3. The van der Waals surface area contributed by atoms with E-state index in [1.807, 2.05) is 0 Å². The third-order valence-electron chi connectivity index (χ3n) is 4.96. The van der Waals surface area contributed by atoms with Gasteiger partial charge in [-0.25, -0.2) is 18.3 Å². The Labute approximate surface area is 160 Å². The van der Waals surface area contributed by atoms with Crippen molar-refractivity contribution in [1.29, 1.82) is 0 Å². The zero-order chi connectivity index (χ0) is 19.7. The summed E-state index contributed by atoms with van der Waals surface area (Å²) in [6.07, 6.45) is 5.07. The van der Waals surface area contributed by atoms with Crippen molar-refractivity contribution in [3.05, 3.63) is 52.8 Å². The van der Waals surface area contributed by atoms with E-state index in [0.717, 1.165) is 29.9 Å². The first-order valence-electron chi connectivity index (χ1n) is 9.29. The molecule has 1 amide bonds. The van der Waals surface area contributed by atoms with Gasteiger partial charge < -0.3 is 10.2 Å². The molecule has 8 nitrogen and oxygen atoms in total. The topological polar surface area (TPSA) is 84.5 Å². The lowest BCUT2D eigenvalue weighted by atomic mass is 10.0. The fraction of sp³-hybridized carbons (Fsp3) is 0.368. The maximum Gasteiger partial charge on any atom is 0.352 e. The van der Waals surface area contributed by atoms with Gasteiger partial charge in [0.15, 0.2) is 0 Å². The second kappa shape index (κ2) is 7.41. The minimum absolute atomic E-state index is 0.255. The van der Waals surface area contributed by atoms with Crippen molar-refractivity contribution in [2.75, 3.05) is 16.8 Å². The summed E-state index contributed by atoms with van der Waals surface area (Å²) in [7, 11) is 0. The molecule has 1 fully saturated rings. The van der Waals surface area contributed by atoms with Crippen LogP contribution in [0.2, 0.25) is 0 Å². The normalized spacial score (nSPS) is 17.1. The van der Waals surface area contributed by atoms with Crippen molar-refractivity contribution in [3.8, 4) is 0 Å². The highest BCUT2D eigenvalue weighted by molar-refractivity contribution is 5.90. The lowest BCUT2D eigenvalue weighted by Gasteiger charge is -2.34. The number of nitrogens with zero attached hydrogens (tertiary/aromatic N) is 5. The molecule has 2 aromatic heterocycles. The molecule has 1 aliphatic rings. The van der Waals surface area contributed by atoms with Crippen LogP contribution in [-0.2, 0) is 11.3 Å². The van der Waals surface area contributed by atoms with Crippen LogP contribution in [0.5, 0.6) is 0 Å². The average Bonchev–Trinajstić information content (AvgIpc) is 2.99. The number of halogens is 1. The van der Waals surface area contributed by atoms with Crippen molar-refractivity contribution in [3.63, 3.8) is 0 Å². The van der Waals surface area contributed by atoms with Crippen LogP contribution in [0.4, 0.5) is 15.9 Å². The SMILES string of the molecule is C[C@@H]1CCCCN1c1ccn2c(=O)n(CC(=O)Nc3ccc(F)cc3)nc2n1. The Morgan fingerprint density at radius 3 is 2.79 bits per heavy atom. The Morgan fingerprint density at radius 1 is 1.25 bits per heavy atom. The molecule has 146 valence electrons. The third kappa shape index (κ3) is 3.60. The fourth-order valence-electron chi connectivity index (χ4n) is 3.47. The van der Waals surface area contributed by atoms with Gasteiger partial charge in [0.1, 0.15) is 18.2 Å². The number of hydrogen-bond donors (Lipinski definition) is 1. The molecular formula is C19H21FN6O2. The molecule has 9 heteroatoms. The maximum absolute atomic E-state index is 13.0.